The predicted molar refractivity (Wildman–Crippen MR) is 77.2 cm³/mol. The molecule has 3 rings (SSSR count). The van der Waals surface area contributed by atoms with E-state index in [1.165, 1.54) is 5.69 Å². The molecule has 2 aromatic rings. The van der Waals surface area contributed by atoms with Crippen LogP contribution in [0.15, 0.2) is 30.7 Å². The van der Waals surface area contributed by atoms with E-state index < -0.39 is 0 Å². The molecule has 0 saturated carbocycles. The van der Waals surface area contributed by atoms with E-state index in [9.17, 15) is 0 Å². The Labute approximate surface area is 119 Å². The van der Waals surface area contributed by atoms with Crippen molar-refractivity contribution < 1.29 is 4.74 Å². The Balaban J connectivity index is 1.68. The first kappa shape index (κ1) is 13.4. The standard InChI is InChI=1S/C15H22N4O/c1-18-7-3-5-13(18)10-16-14-6-4-8-20-15(14)12-9-17-19(2)11-12/h3,5,7,9,11,14-16H,4,6,8,10H2,1-2H3/t14-,15+/m0/s1. The summed E-state index contributed by atoms with van der Waals surface area (Å²) in [4.78, 5) is 0. The number of hydrogen-bond acceptors (Lipinski definition) is 3. The van der Waals surface area contributed by atoms with E-state index in [0.717, 1.165) is 31.6 Å². The van der Waals surface area contributed by atoms with Crippen LogP contribution in [0.2, 0.25) is 0 Å². The maximum atomic E-state index is 5.97. The van der Waals surface area contributed by atoms with Gasteiger partial charge in [-0.3, -0.25) is 4.68 Å². The molecule has 2 aromatic heterocycles. The minimum atomic E-state index is 0.109. The number of aromatic nitrogens is 3. The second-order valence-electron chi connectivity index (χ2n) is 5.48. The van der Waals surface area contributed by atoms with E-state index in [1.807, 2.05) is 24.1 Å². The third-order valence-electron chi connectivity index (χ3n) is 3.97. The number of nitrogens with zero attached hydrogens (tertiary/aromatic N) is 3. The SMILES string of the molecule is Cn1cc([C@H]2OCCC[C@@H]2NCc2cccn2C)cn1. The van der Waals surface area contributed by atoms with Crippen molar-refractivity contribution in [1.29, 1.82) is 0 Å². The van der Waals surface area contributed by atoms with E-state index in [-0.39, 0.29) is 6.10 Å². The second kappa shape index (κ2) is 5.81. The fourth-order valence-corrected chi connectivity index (χ4v) is 2.82. The first-order valence-electron chi connectivity index (χ1n) is 7.18. The van der Waals surface area contributed by atoms with Gasteiger partial charge in [0.15, 0.2) is 0 Å². The fourth-order valence-electron chi connectivity index (χ4n) is 2.82. The molecule has 108 valence electrons. The van der Waals surface area contributed by atoms with Crippen LogP contribution in [0.1, 0.15) is 30.2 Å². The van der Waals surface area contributed by atoms with Gasteiger partial charge >= 0.3 is 0 Å². The summed E-state index contributed by atoms with van der Waals surface area (Å²) in [5.41, 5.74) is 2.46. The fraction of sp³-hybridized carbons (Fsp3) is 0.533. The van der Waals surface area contributed by atoms with Gasteiger partial charge in [0.1, 0.15) is 6.10 Å². The van der Waals surface area contributed by atoms with E-state index in [2.05, 4.69) is 40.4 Å². The lowest BCUT2D eigenvalue weighted by Crippen LogP contribution is -2.39. The Bertz CT molecular complexity index is 560. The molecular weight excluding hydrogens is 252 g/mol. The Hall–Kier alpha value is -1.59. The van der Waals surface area contributed by atoms with Crippen molar-refractivity contribution in [3.8, 4) is 0 Å². The quantitative estimate of drug-likeness (QED) is 0.924. The van der Waals surface area contributed by atoms with Crippen molar-refractivity contribution in [3.05, 3.63) is 42.0 Å². The zero-order chi connectivity index (χ0) is 13.9. The number of nitrogens with one attached hydrogen (secondary N) is 1. The number of rotatable bonds is 4. The third kappa shape index (κ3) is 2.78. The van der Waals surface area contributed by atoms with Crippen LogP contribution < -0.4 is 5.32 Å². The Morgan fingerprint density at radius 3 is 3.05 bits per heavy atom. The molecule has 1 aliphatic heterocycles. The summed E-state index contributed by atoms with van der Waals surface area (Å²) in [6.45, 7) is 1.70. The molecule has 0 bridgehead atoms. The lowest BCUT2D eigenvalue weighted by Gasteiger charge is -2.32. The number of aryl methyl sites for hydroxylation is 2. The van der Waals surface area contributed by atoms with Crippen LogP contribution in [0, 0.1) is 0 Å². The summed E-state index contributed by atoms with van der Waals surface area (Å²) in [6, 6.07) is 4.57. The highest BCUT2D eigenvalue weighted by atomic mass is 16.5. The van der Waals surface area contributed by atoms with E-state index >= 15 is 0 Å². The van der Waals surface area contributed by atoms with Crippen molar-refractivity contribution in [2.24, 2.45) is 14.1 Å². The van der Waals surface area contributed by atoms with Crippen LogP contribution in [-0.4, -0.2) is 27.0 Å². The van der Waals surface area contributed by atoms with Gasteiger partial charge < -0.3 is 14.6 Å². The van der Waals surface area contributed by atoms with E-state index in [0.29, 0.717) is 6.04 Å². The van der Waals surface area contributed by atoms with Crippen LogP contribution in [0.4, 0.5) is 0 Å². The second-order valence-corrected chi connectivity index (χ2v) is 5.48. The molecule has 0 unspecified atom stereocenters. The molecule has 1 N–H and O–H groups in total. The van der Waals surface area contributed by atoms with Crippen LogP contribution in [0.3, 0.4) is 0 Å². The Kier molecular flexibility index (Phi) is 3.89. The van der Waals surface area contributed by atoms with E-state index in [1.54, 1.807) is 0 Å². The van der Waals surface area contributed by atoms with Crippen molar-refractivity contribution in [2.75, 3.05) is 6.61 Å². The Morgan fingerprint density at radius 2 is 2.35 bits per heavy atom. The molecule has 0 aliphatic carbocycles. The highest BCUT2D eigenvalue weighted by Crippen LogP contribution is 2.28. The summed E-state index contributed by atoms with van der Waals surface area (Å²) in [7, 11) is 4.02. The first-order chi connectivity index (χ1) is 9.74. The van der Waals surface area contributed by atoms with E-state index in [4.69, 9.17) is 4.74 Å². The summed E-state index contributed by atoms with van der Waals surface area (Å²) in [5, 5.41) is 7.89. The topological polar surface area (TPSA) is 44.0 Å². The van der Waals surface area contributed by atoms with Crippen molar-refractivity contribution >= 4 is 0 Å². The van der Waals surface area contributed by atoms with Gasteiger partial charge in [0.05, 0.1) is 6.20 Å². The first-order valence-corrected chi connectivity index (χ1v) is 7.18. The van der Waals surface area contributed by atoms with Crippen molar-refractivity contribution in [2.45, 2.75) is 31.5 Å². The molecule has 1 saturated heterocycles. The summed E-state index contributed by atoms with van der Waals surface area (Å²) in [6.07, 6.45) is 8.40. The smallest absolute Gasteiger partial charge is 0.101 e. The van der Waals surface area contributed by atoms with Gasteiger partial charge in [-0.2, -0.15) is 5.10 Å². The van der Waals surface area contributed by atoms with Gasteiger partial charge in [-0.15, -0.1) is 0 Å². The lowest BCUT2D eigenvalue weighted by atomic mass is 9.98. The molecule has 5 nitrogen and oxygen atoms in total. The molecule has 0 aromatic carbocycles. The van der Waals surface area contributed by atoms with Gasteiger partial charge in [0.25, 0.3) is 0 Å². The number of ether oxygens (including phenoxy) is 1. The predicted octanol–water partition coefficient (Wildman–Crippen LogP) is 1.77. The van der Waals surface area contributed by atoms with Gasteiger partial charge in [-0.1, -0.05) is 0 Å². The lowest BCUT2D eigenvalue weighted by molar-refractivity contribution is -0.0113. The Morgan fingerprint density at radius 1 is 1.45 bits per heavy atom. The molecule has 0 amide bonds. The summed E-state index contributed by atoms with van der Waals surface area (Å²) >= 11 is 0. The highest BCUT2D eigenvalue weighted by Gasteiger charge is 2.28. The minimum Gasteiger partial charge on any atom is -0.372 e. The summed E-state index contributed by atoms with van der Waals surface area (Å²) < 4.78 is 9.95. The molecule has 2 atom stereocenters. The van der Waals surface area contributed by atoms with Crippen LogP contribution >= 0.6 is 0 Å². The minimum absolute atomic E-state index is 0.109. The van der Waals surface area contributed by atoms with Gasteiger partial charge in [0.2, 0.25) is 0 Å². The average molecular weight is 274 g/mol. The molecule has 0 radical (unpaired) electrons. The van der Waals surface area contributed by atoms with Crippen LogP contribution in [-0.2, 0) is 25.4 Å². The largest absolute Gasteiger partial charge is 0.372 e. The zero-order valence-corrected chi connectivity index (χ0v) is 12.1. The van der Waals surface area contributed by atoms with Gasteiger partial charge in [-0.25, -0.2) is 0 Å². The van der Waals surface area contributed by atoms with Gasteiger partial charge in [0, 0.05) is 56.9 Å². The monoisotopic (exact) mass is 274 g/mol. The normalized spacial score (nSPS) is 23.1. The van der Waals surface area contributed by atoms with Crippen molar-refractivity contribution in [1.82, 2.24) is 19.7 Å². The molecule has 0 spiro atoms. The maximum absolute atomic E-state index is 5.97. The average Bonchev–Trinajstić information content (AvgIpc) is 3.06. The van der Waals surface area contributed by atoms with Crippen LogP contribution in [0.5, 0.6) is 0 Å². The number of hydrogen-bond donors (Lipinski definition) is 1. The highest BCUT2D eigenvalue weighted by molar-refractivity contribution is 5.13. The maximum Gasteiger partial charge on any atom is 0.101 e. The molecule has 20 heavy (non-hydrogen) atoms. The third-order valence-corrected chi connectivity index (χ3v) is 3.97. The van der Waals surface area contributed by atoms with Crippen molar-refractivity contribution in [3.63, 3.8) is 0 Å². The molecular formula is C15H22N4O. The van der Waals surface area contributed by atoms with Crippen LogP contribution in [0.25, 0.3) is 0 Å². The molecule has 1 aliphatic rings. The molecule has 5 heteroatoms. The summed E-state index contributed by atoms with van der Waals surface area (Å²) in [5.74, 6) is 0. The van der Waals surface area contributed by atoms with Gasteiger partial charge in [-0.05, 0) is 25.0 Å². The zero-order valence-electron chi connectivity index (χ0n) is 12.1. The molecule has 1 fully saturated rings. The molecule has 3 heterocycles.